The number of thioether (sulfide) groups is 1. The lowest BCUT2D eigenvalue weighted by Crippen LogP contribution is -2.25. The zero-order chi connectivity index (χ0) is 18.1. The predicted octanol–water partition coefficient (Wildman–Crippen LogP) is 4.54. The van der Waals surface area contributed by atoms with Crippen molar-refractivity contribution in [2.24, 2.45) is 0 Å². The van der Waals surface area contributed by atoms with Crippen LogP contribution in [0.1, 0.15) is 22.9 Å². The predicted molar refractivity (Wildman–Crippen MR) is 108 cm³/mol. The zero-order valence-corrected chi connectivity index (χ0v) is 16.5. The molecule has 0 spiro atoms. The van der Waals surface area contributed by atoms with E-state index >= 15 is 0 Å². The minimum absolute atomic E-state index is 0.208. The molecule has 0 atom stereocenters. The molecular weight excluding hydrogens is 367 g/mol. The van der Waals surface area contributed by atoms with E-state index in [1.165, 1.54) is 28.0 Å². The van der Waals surface area contributed by atoms with Crippen molar-refractivity contribution in [2.45, 2.75) is 30.8 Å². The molecule has 0 bridgehead atoms. The molecule has 0 radical (unpaired) electrons. The average molecular weight is 389 g/mol. The Balaban J connectivity index is 1.66. The van der Waals surface area contributed by atoms with Crippen LogP contribution in [0.25, 0.3) is 10.2 Å². The third-order valence-electron chi connectivity index (χ3n) is 4.50. The molecule has 0 saturated carbocycles. The van der Waals surface area contributed by atoms with Crippen LogP contribution in [0, 0.1) is 5.82 Å². The van der Waals surface area contributed by atoms with Gasteiger partial charge in [-0.2, -0.15) is 0 Å². The largest absolute Gasteiger partial charge is 0.370 e. The molecule has 0 unspecified atom stereocenters. The Labute approximate surface area is 160 Å². The first-order chi connectivity index (χ1) is 12.6. The third kappa shape index (κ3) is 3.56. The number of hydrogen-bond acceptors (Lipinski definition) is 6. The van der Waals surface area contributed by atoms with Crippen molar-refractivity contribution >= 4 is 39.1 Å². The lowest BCUT2D eigenvalue weighted by atomic mass is 10.1. The summed E-state index contributed by atoms with van der Waals surface area (Å²) in [6.07, 6.45) is 1.05. The third-order valence-corrected chi connectivity index (χ3v) is 6.53. The topological polar surface area (TPSA) is 41.1 Å². The summed E-state index contributed by atoms with van der Waals surface area (Å²) in [5.41, 5.74) is 2.48. The zero-order valence-electron chi connectivity index (χ0n) is 14.9. The average Bonchev–Trinajstić information content (AvgIpc) is 2.99. The van der Waals surface area contributed by atoms with Gasteiger partial charge in [-0.15, -0.1) is 11.3 Å². The van der Waals surface area contributed by atoms with Crippen LogP contribution in [0.15, 0.2) is 29.4 Å². The normalized spacial score (nSPS) is 14.6. The van der Waals surface area contributed by atoms with Gasteiger partial charge in [0.05, 0.1) is 5.39 Å². The first kappa shape index (κ1) is 17.7. The molecule has 4 nitrogen and oxygen atoms in total. The molecule has 0 fully saturated rings. The molecule has 4 rings (SSSR count). The van der Waals surface area contributed by atoms with Crippen molar-refractivity contribution < 1.29 is 4.39 Å². The van der Waals surface area contributed by atoms with Gasteiger partial charge in [-0.1, -0.05) is 23.9 Å². The summed E-state index contributed by atoms with van der Waals surface area (Å²) >= 11 is 3.38. The highest BCUT2D eigenvalue weighted by Crippen LogP contribution is 2.38. The van der Waals surface area contributed by atoms with Gasteiger partial charge in [0.1, 0.15) is 16.5 Å². The number of nitrogens with one attached hydrogen (secondary N) is 1. The number of aromatic nitrogens is 2. The van der Waals surface area contributed by atoms with E-state index in [1.807, 2.05) is 12.1 Å². The van der Waals surface area contributed by atoms with Gasteiger partial charge in [0.25, 0.3) is 0 Å². The summed E-state index contributed by atoms with van der Waals surface area (Å²) in [4.78, 5) is 14.4. The van der Waals surface area contributed by atoms with Crippen LogP contribution in [0.5, 0.6) is 0 Å². The van der Waals surface area contributed by atoms with Crippen molar-refractivity contribution in [2.75, 3.05) is 25.5 Å². The minimum atomic E-state index is -0.208. The van der Waals surface area contributed by atoms with Crippen molar-refractivity contribution in [1.82, 2.24) is 14.9 Å². The first-order valence-corrected chi connectivity index (χ1v) is 10.6. The number of hydrogen-bond donors (Lipinski definition) is 1. The van der Waals surface area contributed by atoms with Gasteiger partial charge in [0.15, 0.2) is 5.16 Å². The maximum Gasteiger partial charge on any atom is 0.191 e. The maximum atomic E-state index is 13.1. The van der Waals surface area contributed by atoms with Gasteiger partial charge in [-0.25, -0.2) is 14.4 Å². The van der Waals surface area contributed by atoms with Gasteiger partial charge in [0, 0.05) is 30.3 Å². The second-order valence-electron chi connectivity index (χ2n) is 6.47. The van der Waals surface area contributed by atoms with Gasteiger partial charge in [-0.3, -0.25) is 0 Å². The van der Waals surface area contributed by atoms with E-state index in [4.69, 9.17) is 9.97 Å². The quantitative estimate of drug-likeness (QED) is 0.513. The fourth-order valence-electron chi connectivity index (χ4n) is 3.19. The van der Waals surface area contributed by atoms with Gasteiger partial charge in [-0.05, 0) is 43.7 Å². The van der Waals surface area contributed by atoms with Crippen LogP contribution < -0.4 is 5.32 Å². The SMILES string of the molecule is CCNc1nc(SCc2ccc(F)cc2)nc2sc3c(c12)CCN(C)C3. The summed E-state index contributed by atoms with van der Waals surface area (Å²) in [6.45, 7) is 4.98. The fourth-order valence-corrected chi connectivity index (χ4v) is 5.35. The lowest BCUT2D eigenvalue weighted by molar-refractivity contribution is 0.318. The van der Waals surface area contributed by atoms with Crippen LogP contribution in [-0.4, -0.2) is 35.0 Å². The van der Waals surface area contributed by atoms with Crippen LogP contribution in [0.3, 0.4) is 0 Å². The van der Waals surface area contributed by atoms with Crippen molar-refractivity contribution in [3.8, 4) is 0 Å². The van der Waals surface area contributed by atoms with Crippen molar-refractivity contribution in [1.29, 1.82) is 0 Å². The van der Waals surface area contributed by atoms with Gasteiger partial charge < -0.3 is 10.2 Å². The van der Waals surface area contributed by atoms with E-state index in [-0.39, 0.29) is 5.82 Å². The standard InChI is InChI=1S/C19H21FN4S2/c1-3-21-17-16-14-8-9-24(2)10-15(14)26-18(16)23-19(22-17)25-11-12-4-6-13(20)7-5-12/h4-7H,3,8-11H2,1-2H3,(H,21,22,23). The van der Waals surface area contributed by atoms with Gasteiger partial charge in [0.2, 0.25) is 0 Å². The molecule has 3 heterocycles. The molecule has 26 heavy (non-hydrogen) atoms. The van der Waals surface area contributed by atoms with Crippen molar-refractivity contribution in [3.05, 3.63) is 46.1 Å². The molecule has 1 N–H and O–H groups in total. The molecule has 7 heteroatoms. The van der Waals surface area contributed by atoms with E-state index in [0.717, 1.165) is 53.2 Å². The molecule has 0 saturated heterocycles. The molecule has 0 aliphatic carbocycles. The second kappa shape index (κ2) is 7.50. The van der Waals surface area contributed by atoms with Crippen molar-refractivity contribution in [3.63, 3.8) is 0 Å². The summed E-state index contributed by atoms with van der Waals surface area (Å²) in [5.74, 6) is 1.46. The number of halogens is 1. The van der Waals surface area contributed by atoms with Crippen LogP contribution in [0.2, 0.25) is 0 Å². The Morgan fingerprint density at radius 3 is 2.85 bits per heavy atom. The summed E-state index contributed by atoms with van der Waals surface area (Å²) in [7, 11) is 2.16. The van der Waals surface area contributed by atoms with Gasteiger partial charge >= 0.3 is 0 Å². The number of anilines is 1. The Kier molecular flexibility index (Phi) is 5.11. The fraction of sp³-hybridized carbons (Fsp3) is 0.368. The number of fused-ring (bicyclic) bond motifs is 3. The number of benzene rings is 1. The number of rotatable bonds is 5. The maximum absolute atomic E-state index is 13.1. The smallest absolute Gasteiger partial charge is 0.191 e. The van der Waals surface area contributed by atoms with E-state index in [0.29, 0.717) is 0 Å². The Morgan fingerprint density at radius 2 is 2.08 bits per heavy atom. The molecule has 2 aromatic heterocycles. The summed E-state index contributed by atoms with van der Waals surface area (Å²) in [6, 6.07) is 6.61. The second-order valence-corrected chi connectivity index (χ2v) is 8.50. The minimum Gasteiger partial charge on any atom is -0.370 e. The number of thiophene rings is 1. The highest BCUT2D eigenvalue weighted by atomic mass is 32.2. The highest BCUT2D eigenvalue weighted by molar-refractivity contribution is 7.98. The first-order valence-electron chi connectivity index (χ1n) is 8.76. The number of nitrogens with zero attached hydrogens (tertiary/aromatic N) is 3. The Hall–Kier alpha value is -1.70. The van der Waals surface area contributed by atoms with Crippen LogP contribution >= 0.6 is 23.1 Å². The molecule has 1 aliphatic heterocycles. The molecule has 3 aromatic rings. The summed E-state index contributed by atoms with van der Waals surface area (Å²) < 4.78 is 13.1. The molecule has 1 aliphatic rings. The highest BCUT2D eigenvalue weighted by Gasteiger charge is 2.23. The van der Waals surface area contributed by atoms with Crippen LogP contribution in [0.4, 0.5) is 10.2 Å². The van der Waals surface area contributed by atoms with Crippen LogP contribution in [-0.2, 0) is 18.7 Å². The van der Waals surface area contributed by atoms with E-state index < -0.39 is 0 Å². The molecule has 136 valence electrons. The monoisotopic (exact) mass is 388 g/mol. The molecular formula is C19H21FN4S2. The lowest BCUT2D eigenvalue weighted by Gasteiger charge is -2.22. The Bertz CT molecular complexity index is 923. The molecule has 0 amide bonds. The van der Waals surface area contributed by atoms with E-state index in [1.54, 1.807) is 23.1 Å². The summed E-state index contributed by atoms with van der Waals surface area (Å²) in [5, 5.41) is 5.39. The Morgan fingerprint density at radius 1 is 1.27 bits per heavy atom. The molecule has 1 aromatic carbocycles. The van der Waals surface area contributed by atoms with E-state index in [2.05, 4.69) is 24.2 Å². The number of likely N-dealkylation sites (N-methyl/N-ethyl adjacent to an activating group) is 1. The van der Waals surface area contributed by atoms with E-state index in [9.17, 15) is 4.39 Å².